The standard InChI is InChI=1S/C19H17N3O/c1-13-5-4-6-14(11-13)19-21-18(23-22-19)10-9-15-12-20-17-8-3-2-7-16(15)17/h2-8,11-12,20H,9-10H2,1H3. The summed E-state index contributed by atoms with van der Waals surface area (Å²) in [6.45, 7) is 2.06. The molecule has 0 saturated heterocycles. The molecule has 0 atom stereocenters. The van der Waals surface area contributed by atoms with Gasteiger partial charge < -0.3 is 9.51 Å². The highest BCUT2D eigenvalue weighted by Crippen LogP contribution is 2.21. The summed E-state index contributed by atoms with van der Waals surface area (Å²) in [5.74, 6) is 1.33. The average molecular weight is 303 g/mol. The number of para-hydroxylation sites is 1. The summed E-state index contributed by atoms with van der Waals surface area (Å²) < 4.78 is 5.40. The first kappa shape index (κ1) is 13.8. The van der Waals surface area contributed by atoms with Gasteiger partial charge in [0, 0.05) is 29.1 Å². The number of rotatable bonds is 4. The molecule has 114 valence electrons. The van der Waals surface area contributed by atoms with Gasteiger partial charge in [-0.15, -0.1) is 0 Å². The van der Waals surface area contributed by atoms with Crippen molar-refractivity contribution in [3.05, 3.63) is 71.7 Å². The molecule has 0 unspecified atom stereocenters. The van der Waals surface area contributed by atoms with Crippen LogP contribution in [-0.4, -0.2) is 15.1 Å². The summed E-state index contributed by atoms with van der Waals surface area (Å²) in [5, 5.41) is 5.35. The molecule has 2 aromatic carbocycles. The third-order valence-corrected chi connectivity index (χ3v) is 4.03. The number of benzene rings is 2. The van der Waals surface area contributed by atoms with Crippen LogP contribution in [-0.2, 0) is 12.8 Å². The summed E-state index contributed by atoms with van der Waals surface area (Å²) in [7, 11) is 0. The number of hydrogen-bond donors (Lipinski definition) is 1. The van der Waals surface area contributed by atoms with Gasteiger partial charge >= 0.3 is 0 Å². The number of nitrogens with zero attached hydrogens (tertiary/aromatic N) is 2. The van der Waals surface area contributed by atoms with Crippen LogP contribution in [0.2, 0.25) is 0 Å². The van der Waals surface area contributed by atoms with Gasteiger partial charge in [-0.2, -0.15) is 4.98 Å². The summed E-state index contributed by atoms with van der Waals surface area (Å²) in [5.41, 5.74) is 4.61. The number of nitrogens with one attached hydrogen (secondary N) is 1. The van der Waals surface area contributed by atoms with E-state index in [0.717, 1.165) is 23.9 Å². The summed E-state index contributed by atoms with van der Waals surface area (Å²) in [4.78, 5) is 7.81. The number of H-pyrrole nitrogens is 1. The van der Waals surface area contributed by atoms with E-state index in [0.29, 0.717) is 11.7 Å². The van der Waals surface area contributed by atoms with E-state index in [1.165, 1.54) is 16.5 Å². The molecule has 0 fully saturated rings. The van der Waals surface area contributed by atoms with Crippen LogP contribution in [0.15, 0.2) is 59.3 Å². The molecule has 0 aliphatic heterocycles. The fourth-order valence-electron chi connectivity index (χ4n) is 2.84. The van der Waals surface area contributed by atoms with E-state index in [1.807, 2.05) is 18.2 Å². The first-order valence-corrected chi connectivity index (χ1v) is 7.74. The highest BCUT2D eigenvalue weighted by atomic mass is 16.5. The lowest BCUT2D eigenvalue weighted by Gasteiger charge is -1.96. The molecule has 4 heteroatoms. The van der Waals surface area contributed by atoms with Crippen LogP contribution in [0.5, 0.6) is 0 Å². The van der Waals surface area contributed by atoms with E-state index in [2.05, 4.69) is 58.6 Å². The average Bonchev–Trinajstić information content (AvgIpc) is 3.20. The van der Waals surface area contributed by atoms with E-state index in [9.17, 15) is 0 Å². The maximum Gasteiger partial charge on any atom is 0.227 e. The molecule has 0 spiro atoms. The van der Waals surface area contributed by atoms with Gasteiger partial charge in [0.05, 0.1) is 0 Å². The molecular formula is C19H17N3O. The third-order valence-electron chi connectivity index (χ3n) is 4.03. The Kier molecular flexibility index (Phi) is 3.42. The minimum Gasteiger partial charge on any atom is -0.361 e. The van der Waals surface area contributed by atoms with Gasteiger partial charge in [-0.05, 0) is 31.0 Å². The van der Waals surface area contributed by atoms with E-state index in [-0.39, 0.29) is 0 Å². The minimum atomic E-state index is 0.655. The second-order valence-corrected chi connectivity index (χ2v) is 5.74. The monoisotopic (exact) mass is 303 g/mol. The molecule has 0 amide bonds. The quantitative estimate of drug-likeness (QED) is 0.611. The van der Waals surface area contributed by atoms with Crippen LogP contribution in [0, 0.1) is 6.92 Å². The molecule has 2 heterocycles. The van der Waals surface area contributed by atoms with Crippen molar-refractivity contribution in [2.45, 2.75) is 19.8 Å². The fourth-order valence-corrected chi connectivity index (χ4v) is 2.84. The van der Waals surface area contributed by atoms with E-state index >= 15 is 0 Å². The van der Waals surface area contributed by atoms with Crippen molar-refractivity contribution in [1.82, 2.24) is 15.1 Å². The normalized spacial score (nSPS) is 11.2. The van der Waals surface area contributed by atoms with E-state index < -0.39 is 0 Å². The van der Waals surface area contributed by atoms with Gasteiger partial charge in [-0.3, -0.25) is 0 Å². The molecule has 0 saturated carbocycles. The summed E-state index contributed by atoms with van der Waals surface area (Å²) >= 11 is 0. The number of aromatic amines is 1. The minimum absolute atomic E-state index is 0.655. The lowest BCUT2D eigenvalue weighted by molar-refractivity contribution is 0.379. The summed E-state index contributed by atoms with van der Waals surface area (Å²) in [6, 6.07) is 16.4. The van der Waals surface area contributed by atoms with E-state index in [1.54, 1.807) is 0 Å². The Morgan fingerprint density at radius 3 is 2.87 bits per heavy atom. The van der Waals surface area contributed by atoms with Gasteiger partial charge in [-0.1, -0.05) is 47.1 Å². The number of hydrogen-bond acceptors (Lipinski definition) is 3. The third kappa shape index (κ3) is 2.75. The predicted octanol–water partition coefficient (Wildman–Crippen LogP) is 4.31. The highest BCUT2D eigenvalue weighted by molar-refractivity contribution is 5.83. The molecule has 1 N–H and O–H groups in total. The Morgan fingerprint density at radius 1 is 1.04 bits per heavy atom. The Labute approximate surface area is 134 Å². The van der Waals surface area contributed by atoms with Crippen LogP contribution in [0.4, 0.5) is 0 Å². The zero-order chi connectivity index (χ0) is 15.6. The van der Waals surface area contributed by atoms with Crippen molar-refractivity contribution in [3.63, 3.8) is 0 Å². The number of aryl methyl sites for hydroxylation is 3. The molecule has 0 aliphatic carbocycles. The van der Waals surface area contributed by atoms with Gasteiger partial charge in [0.25, 0.3) is 0 Å². The fraction of sp³-hybridized carbons (Fsp3) is 0.158. The Hall–Kier alpha value is -2.88. The molecule has 23 heavy (non-hydrogen) atoms. The van der Waals surface area contributed by atoms with Crippen LogP contribution in [0.25, 0.3) is 22.3 Å². The predicted molar refractivity (Wildman–Crippen MR) is 90.2 cm³/mol. The molecule has 0 bridgehead atoms. The van der Waals surface area contributed by atoms with Crippen molar-refractivity contribution in [1.29, 1.82) is 0 Å². The largest absolute Gasteiger partial charge is 0.361 e. The zero-order valence-electron chi connectivity index (χ0n) is 12.9. The lowest BCUT2D eigenvalue weighted by atomic mass is 10.1. The molecule has 2 aromatic heterocycles. The van der Waals surface area contributed by atoms with Crippen molar-refractivity contribution < 1.29 is 4.52 Å². The van der Waals surface area contributed by atoms with Gasteiger partial charge in [0.15, 0.2) is 0 Å². The highest BCUT2D eigenvalue weighted by Gasteiger charge is 2.10. The number of fused-ring (bicyclic) bond motifs is 1. The van der Waals surface area contributed by atoms with Crippen LogP contribution in [0.1, 0.15) is 17.0 Å². The summed E-state index contributed by atoms with van der Waals surface area (Å²) in [6.07, 6.45) is 3.67. The molecular weight excluding hydrogens is 286 g/mol. The Bertz CT molecular complexity index is 952. The topological polar surface area (TPSA) is 54.7 Å². The molecule has 4 rings (SSSR count). The Morgan fingerprint density at radius 2 is 1.96 bits per heavy atom. The second kappa shape index (κ2) is 5.72. The molecule has 0 radical (unpaired) electrons. The van der Waals surface area contributed by atoms with Crippen molar-refractivity contribution in [2.75, 3.05) is 0 Å². The first-order valence-electron chi connectivity index (χ1n) is 7.74. The van der Waals surface area contributed by atoms with Crippen molar-refractivity contribution >= 4 is 10.9 Å². The maximum absolute atomic E-state index is 5.40. The SMILES string of the molecule is Cc1cccc(-c2noc(CCc3c[nH]c4ccccc34)n2)c1. The van der Waals surface area contributed by atoms with Crippen LogP contribution < -0.4 is 0 Å². The molecule has 4 aromatic rings. The van der Waals surface area contributed by atoms with Crippen molar-refractivity contribution in [2.24, 2.45) is 0 Å². The van der Waals surface area contributed by atoms with Gasteiger partial charge in [-0.25, -0.2) is 0 Å². The first-order chi connectivity index (χ1) is 11.3. The van der Waals surface area contributed by atoms with Gasteiger partial charge in [0.1, 0.15) is 0 Å². The van der Waals surface area contributed by atoms with E-state index in [4.69, 9.17) is 4.52 Å². The molecule has 4 nitrogen and oxygen atoms in total. The van der Waals surface area contributed by atoms with Gasteiger partial charge in [0.2, 0.25) is 11.7 Å². The number of aromatic nitrogens is 3. The Balaban J connectivity index is 1.52. The van der Waals surface area contributed by atoms with Crippen LogP contribution >= 0.6 is 0 Å². The zero-order valence-corrected chi connectivity index (χ0v) is 12.9. The van der Waals surface area contributed by atoms with Crippen LogP contribution in [0.3, 0.4) is 0 Å². The maximum atomic E-state index is 5.40. The molecule has 0 aliphatic rings. The smallest absolute Gasteiger partial charge is 0.227 e. The lowest BCUT2D eigenvalue weighted by Crippen LogP contribution is -1.91. The van der Waals surface area contributed by atoms with Crippen molar-refractivity contribution in [3.8, 4) is 11.4 Å². The second-order valence-electron chi connectivity index (χ2n) is 5.74.